The van der Waals surface area contributed by atoms with E-state index in [1.54, 1.807) is 0 Å². The summed E-state index contributed by atoms with van der Waals surface area (Å²) in [6.45, 7) is 1.25. The molecule has 0 aliphatic carbocycles. The fourth-order valence-corrected chi connectivity index (χ4v) is 2.05. The molecule has 0 fully saturated rings. The number of nitrogens with zero attached hydrogens (tertiary/aromatic N) is 1. The Balaban J connectivity index is 4.58. The fraction of sp³-hybridized carbons (Fsp3) is 0.692. The van der Waals surface area contributed by atoms with Gasteiger partial charge in [-0.25, -0.2) is 0 Å². The molecule has 11 nitrogen and oxygen atoms in total. The molecule has 7 N–H and O–H groups in total. The minimum atomic E-state index is -0.738. The van der Waals surface area contributed by atoms with Gasteiger partial charge in [0.1, 0.15) is 12.3 Å². The average molecular weight is 346 g/mol. The molecule has 0 spiro atoms. The lowest BCUT2D eigenvalue weighted by atomic mass is 10.2. The molecular weight excluding hydrogens is 320 g/mol. The molecule has 0 aromatic heterocycles. The molecule has 0 rings (SSSR count). The number of carbonyl (C=O) groups is 4. The molecule has 24 heavy (non-hydrogen) atoms. The van der Waals surface area contributed by atoms with Gasteiger partial charge in [-0.1, -0.05) is 0 Å². The summed E-state index contributed by atoms with van der Waals surface area (Å²) in [6, 6.07) is 0. The maximum Gasteiger partial charge on any atom is 0.208 e. The molecule has 1 unspecified atom stereocenters. The van der Waals surface area contributed by atoms with Crippen LogP contribution in [0.25, 0.3) is 0 Å². The summed E-state index contributed by atoms with van der Waals surface area (Å²) in [7, 11) is 0. The van der Waals surface area contributed by atoms with Crippen LogP contribution < -0.4 is 27.0 Å². The Kier molecular flexibility index (Phi) is 13.0. The molecule has 0 bridgehead atoms. The van der Waals surface area contributed by atoms with Gasteiger partial charge < -0.3 is 37.0 Å². The number of nitrogens with one attached hydrogen (secondary N) is 4. The van der Waals surface area contributed by atoms with Gasteiger partial charge in [-0.05, 0) is 12.8 Å². The fourth-order valence-electron chi connectivity index (χ4n) is 2.05. The molecule has 138 valence electrons. The molecule has 0 heterocycles. The third-order valence-corrected chi connectivity index (χ3v) is 3.29. The van der Waals surface area contributed by atoms with Crippen LogP contribution in [-0.2, 0) is 19.2 Å². The highest BCUT2D eigenvalue weighted by Gasteiger charge is 2.15. The van der Waals surface area contributed by atoms with Crippen LogP contribution in [0.15, 0.2) is 0 Å². The third-order valence-electron chi connectivity index (χ3n) is 3.29. The lowest BCUT2D eigenvalue weighted by Gasteiger charge is -2.28. The number of hydrogen-bond donors (Lipinski definition) is 6. The predicted molar refractivity (Wildman–Crippen MR) is 85.1 cm³/mol. The monoisotopic (exact) mass is 346 g/mol. The maximum atomic E-state index is 10.5. The number of hydrogen-bond acceptors (Lipinski definition) is 7. The summed E-state index contributed by atoms with van der Waals surface area (Å²) in [6.07, 6.45) is 0.943. The number of carbonyl (C=O) groups excluding carboxylic acids is 4. The molecule has 0 aliphatic rings. The second-order valence-corrected chi connectivity index (χ2v) is 5.01. The smallest absolute Gasteiger partial charge is 0.208 e. The van der Waals surface area contributed by atoms with E-state index >= 15 is 0 Å². The predicted octanol–water partition coefficient (Wildman–Crippen LogP) is -3.98. The van der Waals surface area contributed by atoms with Crippen molar-refractivity contribution in [3.05, 3.63) is 0 Å². The highest BCUT2D eigenvalue weighted by Crippen LogP contribution is 2.00. The molecule has 4 amide bonds. The number of aliphatic hydroxyl groups is 1. The highest BCUT2D eigenvalue weighted by molar-refractivity contribution is 5.51. The van der Waals surface area contributed by atoms with Crippen molar-refractivity contribution in [2.24, 2.45) is 5.73 Å². The van der Waals surface area contributed by atoms with Crippen molar-refractivity contribution in [2.45, 2.75) is 31.3 Å². The van der Waals surface area contributed by atoms with E-state index < -0.39 is 18.4 Å². The zero-order valence-corrected chi connectivity index (χ0v) is 13.4. The van der Waals surface area contributed by atoms with Gasteiger partial charge in [0, 0.05) is 26.2 Å². The largest absolute Gasteiger partial charge is 0.390 e. The Hall–Kier alpha value is -2.24. The van der Waals surface area contributed by atoms with Gasteiger partial charge in [0.15, 0.2) is 0 Å². The summed E-state index contributed by atoms with van der Waals surface area (Å²) < 4.78 is 0. The van der Waals surface area contributed by atoms with Crippen LogP contribution in [0.4, 0.5) is 0 Å². The van der Waals surface area contributed by atoms with Crippen LogP contribution in [0.3, 0.4) is 0 Å². The minimum Gasteiger partial charge on any atom is -0.390 e. The Labute approximate surface area is 140 Å². The van der Waals surface area contributed by atoms with Gasteiger partial charge in [-0.3, -0.25) is 19.2 Å². The summed E-state index contributed by atoms with van der Waals surface area (Å²) in [5.41, 5.74) is 5.41. The normalized spacial score (nSPS) is 11.9. The zero-order valence-electron chi connectivity index (χ0n) is 13.4. The van der Waals surface area contributed by atoms with Crippen molar-refractivity contribution in [2.75, 3.05) is 26.2 Å². The number of nitrogens with two attached hydrogens (primary N) is 1. The molecule has 0 saturated carbocycles. The van der Waals surface area contributed by atoms with Gasteiger partial charge in [0.25, 0.3) is 0 Å². The van der Waals surface area contributed by atoms with Gasteiger partial charge in [0.05, 0.1) is 6.10 Å². The topological polar surface area (TPSA) is 166 Å². The van der Waals surface area contributed by atoms with E-state index in [9.17, 15) is 24.3 Å². The van der Waals surface area contributed by atoms with E-state index in [1.807, 2.05) is 4.90 Å². The van der Waals surface area contributed by atoms with Crippen molar-refractivity contribution in [3.8, 4) is 0 Å². The van der Waals surface area contributed by atoms with Gasteiger partial charge in [-0.2, -0.15) is 0 Å². The first-order valence-corrected chi connectivity index (χ1v) is 7.50. The first-order valence-electron chi connectivity index (χ1n) is 7.50. The summed E-state index contributed by atoms with van der Waals surface area (Å²) in [5.74, 6) is 0. The molecule has 0 aliphatic heterocycles. The summed E-state index contributed by atoms with van der Waals surface area (Å²) >= 11 is 0. The number of amides is 4. The van der Waals surface area contributed by atoms with E-state index in [2.05, 4.69) is 21.3 Å². The van der Waals surface area contributed by atoms with E-state index in [1.165, 1.54) is 0 Å². The molecule has 1 atom stereocenters. The van der Waals surface area contributed by atoms with Gasteiger partial charge >= 0.3 is 0 Å². The molecule has 11 heteroatoms. The first kappa shape index (κ1) is 21.8. The maximum absolute atomic E-state index is 10.5. The van der Waals surface area contributed by atoms with Gasteiger partial charge in [0.2, 0.25) is 25.6 Å². The minimum absolute atomic E-state index is 0.0850. The molecule has 0 saturated heterocycles. The zero-order chi connectivity index (χ0) is 18.2. The number of aliphatic hydroxyl groups excluding tert-OH is 1. The number of rotatable bonds is 17. The van der Waals surface area contributed by atoms with Gasteiger partial charge in [-0.15, -0.1) is 0 Å². The molecular formula is C13H26N6O5. The Morgan fingerprint density at radius 1 is 0.833 bits per heavy atom. The van der Waals surface area contributed by atoms with Crippen LogP contribution in [0, 0.1) is 0 Å². The SMILES string of the molecule is NCC(O)CN(CCC(NC=O)NC=O)CCC(NC=O)NC=O. The Morgan fingerprint density at radius 3 is 1.50 bits per heavy atom. The second-order valence-electron chi connectivity index (χ2n) is 5.01. The van der Waals surface area contributed by atoms with Crippen LogP contribution in [0.5, 0.6) is 0 Å². The highest BCUT2D eigenvalue weighted by atomic mass is 16.3. The quantitative estimate of drug-likeness (QED) is 0.115. The lowest BCUT2D eigenvalue weighted by molar-refractivity contribution is -0.113. The van der Waals surface area contributed by atoms with Crippen LogP contribution >= 0.6 is 0 Å². The molecule has 0 aromatic rings. The van der Waals surface area contributed by atoms with Crippen molar-refractivity contribution in [1.82, 2.24) is 26.2 Å². The lowest BCUT2D eigenvalue weighted by Crippen LogP contribution is -2.47. The van der Waals surface area contributed by atoms with Crippen LogP contribution in [0.1, 0.15) is 12.8 Å². The average Bonchev–Trinajstić information content (AvgIpc) is 2.57. The molecule has 0 aromatic carbocycles. The van der Waals surface area contributed by atoms with Crippen molar-refractivity contribution < 1.29 is 24.3 Å². The van der Waals surface area contributed by atoms with Crippen LogP contribution in [-0.4, -0.2) is 80.3 Å². The van der Waals surface area contributed by atoms with E-state index in [4.69, 9.17) is 5.73 Å². The third kappa shape index (κ3) is 10.5. The van der Waals surface area contributed by atoms with E-state index in [0.29, 0.717) is 51.6 Å². The van der Waals surface area contributed by atoms with Crippen molar-refractivity contribution >= 4 is 25.6 Å². The van der Waals surface area contributed by atoms with Crippen molar-refractivity contribution in [3.63, 3.8) is 0 Å². The Morgan fingerprint density at radius 2 is 1.21 bits per heavy atom. The van der Waals surface area contributed by atoms with E-state index in [-0.39, 0.29) is 13.1 Å². The summed E-state index contributed by atoms with van der Waals surface area (Å²) in [5, 5.41) is 19.5. The first-order chi connectivity index (χ1) is 11.6. The van der Waals surface area contributed by atoms with Crippen LogP contribution in [0.2, 0.25) is 0 Å². The van der Waals surface area contributed by atoms with E-state index in [0.717, 1.165) is 0 Å². The van der Waals surface area contributed by atoms with Crippen molar-refractivity contribution in [1.29, 1.82) is 0 Å². The summed E-state index contributed by atoms with van der Waals surface area (Å²) in [4.78, 5) is 43.8. The second kappa shape index (κ2) is 14.4. The Bertz CT molecular complexity index is 325. The standard InChI is InChI=1S/C13H26N6O5/c14-5-11(24)6-19(3-1-12(15-7-20)16-8-21)4-2-13(17-9-22)18-10-23/h7-13,24H,1-6,14H2,(H,15,20)(H,16,21)(H,17,22)(H,18,23). The molecule has 0 radical (unpaired) electrons.